The van der Waals surface area contributed by atoms with Crippen LogP contribution < -0.4 is 0 Å². The molecular weight excluding hydrogens is 402 g/mol. The predicted octanol–water partition coefficient (Wildman–Crippen LogP) is 3.97. The first-order chi connectivity index (χ1) is 14.1. The summed E-state index contributed by atoms with van der Waals surface area (Å²) < 4.78 is 1.75. The maximum Gasteiger partial charge on any atom is 0.252 e. The Labute approximate surface area is 176 Å². The molecule has 5 rings (SSSR count). The second kappa shape index (κ2) is 7.35. The Balaban J connectivity index is 1.41. The Morgan fingerprint density at radius 2 is 2.14 bits per heavy atom. The van der Waals surface area contributed by atoms with Crippen LogP contribution >= 0.6 is 22.7 Å². The van der Waals surface area contributed by atoms with Crippen LogP contribution in [-0.2, 0) is 17.6 Å². The van der Waals surface area contributed by atoms with Gasteiger partial charge in [-0.05, 0) is 60.7 Å². The van der Waals surface area contributed by atoms with Gasteiger partial charge >= 0.3 is 0 Å². The Morgan fingerprint density at radius 1 is 1.24 bits per heavy atom. The molecule has 29 heavy (non-hydrogen) atoms. The van der Waals surface area contributed by atoms with Gasteiger partial charge in [0.25, 0.3) is 5.78 Å². The molecule has 1 aliphatic heterocycles. The fraction of sp³-hybridized carbons (Fsp3) is 0.333. The Morgan fingerprint density at radius 3 is 2.97 bits per heavy atom. The standard InChI is InChI=1S/C21H21N5OS2/c1-13-15(14(2)26-21(24-13)22-12-23-26)5-6-19(27)25-9-7-17-16(8-11-29-17)20(25)18-4-3-10-28-18/h3-4,8,10-12,20H,5-7,9H2,1-2H3/t20-/m0/s1. The van der Waals surface area contributed by atoms with Crippen molar-refractivity contribution in [1.29, 1.82) is 0 Å². The second-order valence-electron chi connectivity index (χ2n) is 7.29. The minimum absolute atomic E-state index is 0.0376. The highest BCUT2D eigenvalue weighted by atomic mass is 32.1. The summed E-state index contributed by atoms with van der Waals surface area (Å²) in [5.41, 5.74) is 4.29. The zero-order valence-electron chi connectivity index (χ0n) is 16.3. The van der Waals surface area contributed by atoms with Crippen LogP contribution in [0.3, 0.4) is 0 Å². The van der Waals surface area contributed by atoms with E-state index >= 15 is 0 Å². The molecule has 1 amide bonds. The molecule has 0 unspecified atom stereocenters. The van der Waals surface area contributed by atoms with Crippen molar-refractivity contribution in [2.24, 2.45) is 0 Å². The summed E-state index contributed by atoms with van der Waals surface area (Å²) in [6, 6.07) is 6.42. The molecule has 1 atom stereocenters. The minimum Gasteiger partial charge on any atom is -0.330 e. The average molecular weight is 424 g/mol. The van der Waals surface area contributed by atoms with Crippen molar-refractivity contribution in [3.63, 3.8) is 0 Å². The van der Waals surface area contributed by atoms with Gasteiger partial charge in [-0.2, -0.15) is 10.1 Å². The molecule has 0 N–H and O–H groups in total. The third-order valence-electron chi connectivity index (χ3n) is 5.68. The number of fused-ring (bicyclic) bond motifs is 2. The van der Waals surface area contributed by atoms with Gasteiger partial charge in [0.1, 0.15) is 6.33 Å². The van der Waals surface area contributed by atoms with Gasteiger partial charge < -0.3 is 4.90 Å². The van der Waals surface area contributed by atoms with Gasteiger partial charge in [0, 0.05) is 34.1 Å². The van der Waals surface area contributed by atoms with Crippen LogP contribution in [0, 0.1) is 13.8 Å². The minimum atomic E-state index is 0.0376. The lowest BCUT2D eigenvalue weighted by Gasteiger charge is -2.35. The molecule has 0 radical (unpaired) electrons. The van der Waals surface area contributed by atoms with E-state index in [2.05, 4.69) is 48.9 Å². The van der Waals surface area contributed by atoms with Crippen molar-refractivity contribution >= 4 is 34.4 Å². The van der Waals surface area contributed by atoms with Gasteiger partial charge in [0.15, 0.2) is 0 Å². The monoisotopic (exact) mass is 423 g/mol. The van der Waals surface area contributed by atoms with E-state index in [0.29, 0.717) is 18.6 Å². The third-order valence-corrected chi connectivity index (χ3v) is 7.60. The van der Waals surface area contributed by atoms with E-state index in [0.717, 1.165) is 29.9 Å². The summed E-state index contributed by atoms with van der Waals surface area (Å²) in [6.45, 7) is 4.77. The van der Waals surface area contributed by atoms with Crippen LogP contribution in [0.25, 0.3) is 5.78 Å². The molecule has 0 spiro atoms. The largest absolute Gasteiger partial charge is 0.330 e. The molecule has 8 heteroatoms. The molecule has 0 aromatic carbocycles. The van der Waals surface area contributed by atoms with E-state index in [-0.39, 0.29) is 11.9 Å². The third kappa shape index (κ3) is 3.16. The molecule has 4 aromatic rings. The SMILES string of the molecule is Cc1nc2ncnn2c(C)c1CCC(=O)N1CCc2sccc2[C@H]1c1cccs1. The fourth-order valence-corrected chi connectivity index (χ4v) is 5.99. The predicted molar refractivity (Wildman–Crippen MR) is 114 cm³/mol. The summed E-state index contributed by atoms with van der Waals surface area (Å²) in [4.78, 5) is 26.7. The number of nitrogens with zero attached hydrogens (tertiary/aromatic N) is 5. The lowest BCUT2D eigenvalue weighted by molar-refractivity contribution is -0.133. The van der Waals surface area contributed by atoms with E-state index < -0.39 is 0 Å². The number of carbonyl (C=O) groups excluding carboxylic acids is 1. The number of aryl methyl sites for hydroxylation is 2. The molecule has 0 aliphatic carbocycles. The van der Waals surface area contributed by atoms with E-state index in [9.17, 15) is 4.79 Å². The average Bonchev–Trinajstić information content (AvgIpc) is 3.47. The smallest absolute Gasteiger partial charge is 0.252 e. The first-order valence-corrected chi connectivity index (χ1v) is 11.4. The molecule has 5 heterocycles. The van der Waals surface area contributed by atoms with E-state index in [1.807, 2.05) is 13.8 Å². The zero-order valence-corrected chi connectivity index (χ0v) is 18.0. The lowest BCUT2D eigenvalue weighted by atomic mass is 9.97. The number of aromatic nitrogens is 4. The molecule has 6 nitrogen and oxygen atoms in total. The topological polar surface area (TPSA) is 63.4 Å². The highest BCUT2D eigenvalue weighted by Gasteiger charge is 2.33. The number of rotatable bonds is 4. The fourth-order valence-electron chi connectivity index (χ4n) is 4.23. The van der Waals surface area contributed by atoms with Crippen LogP contribution in [0.5, 0.6) is 0 Å². The molecule has 4 aromatic heterocycles. The van der Waals surface area contributed by atoms with Crippen LogP contribution in [0.15, 0.2) is 35.3 Å². The van der Waals surface area contributed by atoms with Gasteiger partial charge in [0.05, 0.1) is 6.04 Å². The number of hydrogen-bond acceptors (Lipinski definition) is 6. The van der Waals surface area contributed by atoms with Crippen molar-refractivity contribution in [1.82, 2.24) is 24.5 Å². The molecule has 0 saturated carbocycles. The van der Waals surface area contributed by atoms with Crippen LogP contribution in [0.2, 0.25) is 0 Å². The first-order valence-electron chi connectivity index (χ1n) is 9.68. The highest BCUT2D eigenvalue weighted by Crippen LogP contribution is 2.39. The lowest BCUT2D eigenvalue weighted by Crippen LogP contribution is -2.39. The summed E-state index contributed by atoms with van der Waals surface area (Å²) in [7, 11) is 0. The van der Waals surface area contributed by atoms with E-state index in [1.54, 1.807) is 27.2 Å². The summed E-state index contributed by atoms with van der Waals surface area (Å²) in [6.07, 6.45) is 3.57. The van der Waals surface area contributed by atoms with Crippen LogP contribution in [0.1, 0.15) is 44.7 Å². The van der Waals surface area contributed by atoms with Gasteiger partial charge in [-0.15, -0.1) is 22.7 Å². The molecule has 0 fully saturated rings. The summed E-state index contributed by atoms with van der Waals surface area (Å²) >= 11 is 3.52. The van der Waals surface area contributed by atoms with Gasteiger partial charge in [-0.1, -0.05) is 6.07 Å². The molecular formula is C21H21N5OS2. The summed E-state index contributed by atoms with van der Waals surface area (Å²) in [5.74, 6) is 0.798. The van der Waals surface area contributed by atoms with Crippen molar-refractivity contribution in [2.75, 3.05) is 6.54 Å². The Kier molecular flexibility index (Phi) is 4.67. The summed E-state index contributed by atoms with van der Waals surface area (Å²) in [5, 5.41) is 8.48. The maximum atomic E-state index is 13.3. The van der Waals surface area contributed by atoms with Crippen molar-refractivity contribution in [2.45, 2.75) is 39.2 Å². The number of thiophene rings is 2. The first kappa shape index (κ1) is 18.4. The van der Waals surface area contributed by atoms with Gasteiger partial charge in [-0.25, -0.2) is 9.50 Å². The molecule has 0 bridgehead atoms. The number of carbonyl (C=O) groups is 1. The van der Waals surface area contributed by atoms with Crippen LogP contribution in [-0.4, -0.2) is 36.9 Å². The van der Waals surface area contributed by atoms with Gasteiger partial charge in [-0.3, -0.25) is 4.79 Å². The van der Waals surface area contributed by atoms with Crippen molar-refractivity contribution in [3.8, 4) is 0 Å². The van der Waals surface area contributed by atoms with Crippen LogP contribution in [0.4, 0.5) is 0 Å². The van der Waals surface area contributed by atoms with Crippen molar-refractivity contribution in [3.05, 3.63) is 67.6 Å². The molecule has 1 aliphatic rings. The number of hydrogen-bond donors (Lipinski definition) is 0. The zero-order chi connectivity index (χ0) is 20.0. The maximum absolute atomic E-state index is 13.3. The highest BCUT2D eigenvalue weighted by molar-refractivity contribution is 7.10. The molecule has 148 valence electrons. The van der Waals surface area contributed by atoms with E-state index in [1.165, 1.54) is 21.6 Å². The molecule has 0 saturated heterocycles. The van der Waals surface area contributed by atoms with Gasteiger partial charge in [0.2, 0.25) is 5.91 Å². The quantitative estimate of drug-likeness (QED) is 0.498. The second-order valence-corrected chi connectivity index (χ2v) is 9.27. The normalized spacial score (nSPS) is 16.3. The van der Waals surface area contributed by atoms with E-state index in [4.69, 9.17) is 0 Å². The Bertz CT molecular complexity index is 1180. The Hall–Kier alpha value is -2.58. The van der Waals surface area contributed by atoms with Crippen molar-refractivity contribution < 1.29 is 4.79 Å². The number of amides is 1.